The number of likely N-dealkylation sites (N-methyl/N-ethyl adjacent to an activating group) is 1. The summed E-state index contributed by atoms with van der Waals surface area (Å²) < 4.78 is 30.5. The van der Waals surface area contributed by atoms with Crippen molar-refractivity contribution in [3.8, 4) is 0 Å². The molecule has 0 aliphatic heterocycles. The second-order valence-corrected chi connectivity index (χ2v) is 21.6. The Morgan fingerprint density at radius 3 is 1.38 bits per heavy atom. The normalized spacial score (nSPS) is 14.3. The second-order valence-electron chi connectivity index (χ2n) is 20.1. The van der Waals surface area contributed by atoms with Gasteiger partial charge in [0, 0.05) is 12.8 Å². The van der Waals surface area contributed by atoms with E-state index < -0.39 is 20.0 Å². The summed E-state index contributed by atoms with van der Waals surface area (Å²) in [7, 11) is 1.46. The van der Waals surface area contributed by atoms with Gasteiger partial charge in [-0.15, -0.1) is 0 Å². The third kappa shape index (κ3) is 48.7. The number of amides is 1. The Balaban J connectivity index is 5.44. The van der Waals surface area contributed by atoms with E-state index in [2.05, 4.69) is 68.6 Å². The van der Waals surface area contributed by atoms with E-state index in [1.165, 1.54) is 135 Å². The van der Waals surface area contributed by atoms with Crippen molar-refractivity contribution in [3.63, 3.8) is 0 Å². The van der Waals surface area contributed by atoms with E-state index >= 15 is 0 Å². The molecule has 0 aromatic rings. The van der Waals surface area contributed by atoms with Gasteiger partial charge in [0.2, 0.25) is 5.91 Å². The number of nitrogens with zero attached hydrogens (tertiary/aromatic N) is 1. The van der Waals surface area contributed by atoms with Crippen molar-refractivity contribution in [2.45, 2.75) is 258 Å². The van der Waals surface area contributed by atoms with Gasteiger partial charge in [-0.3, -0.25) is 18.6 Å². The lowest BCUT2D eigenvalue weighted by Crippen LogP contribution is -2.47. The quantitative estimate of drug-likeness (QED) is 0.0205. The van der Waals surface area contributed by atoms with Crippen molar-refractivity contribution in [1.29, 1.82) is 0 Å². The Hall–Kier alpha value is -2.29. The molecule has 0 rings (SSSR count). The predicted octanol–water partition coefficient (Wildman–Crippen LogP) is 16.7. The summed E-state index contributed by atoms with van der Waals surface area (Å²) in [4.78, 5) is 37.5. The number of phosphoric ester groups is 1. The largest absolute Gasteiger partial charge is 0.472 e. The molecular weight excluding hydrogens is 868 g/mol. The standard InChI is InChI=1S/C58H107N2O7P/c1-7-10-13-16-19-22-25-28-29-30-31-33-36-39-42-45-48-51-58(62)67-56(49-46-43-40-37-34-27-24-21-18-15-12-9-3)55(54-66-68(63,64)65-53-52-60(4,5)6)59-57(61)50-47-44-41-38-35-32-26-23-20-17-14-11-8-2/h19,22,28-29,32,35,41,44,46,49,55-56H,7-18,20-21,23-27,30-31,33-34,36-40,42-43,45,47-48,50-54H2,1-6H3,(H-,59,61,63,64)/p+1/b22-19-,29-28-,35-32-,44-41+,49-46+. The van der Waals surface area contributed by atoms with Crippen molar-refractivity contribution < 1.29 is 37.3 Å². The van der Waals surface area contributed by atoms with E-state index in [0.717, 1.165) is 70.6 Å². The van der Waals surface area contributed by atoms with E-state index in [9.17, 15) is 19.0 Å². The van der Waals surface area contributed by atoms with E-state index in [1.54, 1.807) is 0 Å². The van der Waals surface area contributed by atoms with Crippen LogP contribution in [-0.2, 0) is 27.9 Å². The Bertz CT molecular complexity index is 1350. The number of carbonyl (C=O) groups is 2. The van der Waals surface area contributed by atoms with Crippen LogP contribution in [0.4, 0.5) is 0 Å². The molecule has 0 saturated heterocycles. The molecule has 3 unspecified atom stereocenters. The van der Waals surface area contributed by atoms with Gasteiger partial charge < -0.3 is 19.4 Å². The van der Waals surface area contributed by atoms with Crippen molar-refractivity contribution >= 4 is 19.7 Å². The lowest BCUT2D eigenvalue weighted by Gasteiger charge is -2.27. The maximum atomic E-state index is 13.4. The Morgan fingerprint density at radius 1 is 0.515 bits per heavy atom. The highest BCUT2D eigenvalue weighted by Gasteiger charge is 2.30. The number of allylic oxidation sites excluding steroid dienone is 9. The van der Waals surface area contributed by atoms with E-state index in [0.29, 0.717) is 17.4 Å². The van der Waals surface area contributed by atoms with Crippen LogP contribution in [0.3, 0.4) is 0 Å². The van der Waals surface area contributed by atoms with Crippen LogP contribution in [0.5, 0.6) is 0 Å². The molecule has 0 aliphatic rings. The number of nitrogens with one attached hydrogen (secondary N) is 1. The Kier molecular flexibility index (Phi) is 46.7. The Labute approximate surface area is 420 Å². The fourth-order valence-corrected chi connectivity index (χ4v) is 8.52. The molecule has 9 nitrogen and oxygen atoms in total. The highest BCUT2D eigenvalue weighted by Crippen LogP contribution is 2.43. The molecule has 3 atom stereocenters. The number of unbranched alkanes of at least 4 members (excludes halogenated alkanes) is 26. The van der Waals surface area contributed by atoms with Gasteiger partial charge in [0.15, 0.2) is 0 Å². The van der Waals surface area contributed by atoms with Crippen LogP contribution in [0.2, 0.25) is 0 Å². The summed E-state index contributed by atoms with van der Waals surface area (Å²) >= 11 is 0. The summed E-state index contributed by atoms with van der Waals surface area (Å²) in [5, 5.41) is 3.00. The summed E-state index contributed by atoms with van der Waals surface area (Å²) in [5.74, 6) is -0.592. The second kappa shape index (κ2) is 48.3. The average molecular weight is 976 g/mol. The summed E-state index contributed by atoms with van der Waals surface area (Å²) in [6.07, 6.45) is 59.4. The molecule has 0 bridgehead atoms. The molecule has 0 saturated carbocycles. The first-order valence-corrected chi connectivity index (χ1v) is 29.6. The zero-order valence-electron chi connectivity index (χ0n) is 45.1. The van der Waals surface area contributed by atoms with Gasteiger partial charge in [0.25, 0.3) is 0 Å². The maximum absolute atomic E-state index is 13.4. The van der Waals surface area contributed by atoms with Gasteiger partial charge in [-0.1, -0.05) is 210 Å². The van der Waals surface area contributed by atoms with Crippen LogP contribution in [0.1, 0.15) is 245 Å². The monoisotopic (exact) mass is 976 g/mol. The first kappa shape index (κ1) is 65.7. The number of ether oxygens (including phenoxy) is 1. The molecule has 0 aliphatic carbocycles. The van der Waals surface area contributed by atoms with Crippen LogP contribution in [0, 0.1) is 0 Å². The molecule has 2 N–H and O–H groups in total. The predicted molar refractivity (Wildman–Crippen MR) is 291 cm³/mol. The minimum atomic E-state index is -4.46. The van der Waals surface area contributed by atoms with E-state index in [1.807, 2.05) is 39.4 Å². The SMILES string of the molecule is CCCCC/C=C\C/C=C\CCCCCCCCCC(=O)OC(/C=C/CCCCCCCCCCCC)C(COP(=O)(O)OCC[N+](C)(C)C)NC(=O)CC/C=C/C/C=C\CCCCCCCC. The number of quaternary nitrogens is 1. The Morgan fingerprint density at radius 2 is 0.912 bits per heavy atom. The molecule has 0 aromatic heterocycles. The van der Waals surface area contributed by atoms with Crippen LogP contribution in [0.15, 0.2) is 60.8 Å². The van der Waals surface area contributed by atoms with Crippen molar-refractivity contribution in [1.82, 2.24) is 5.32 Å². The van der Waals surface area contributed by atoms with Crippen molar-refractivity contribution in [2.24, 2.45) is 0 Å². The van der Waals surface area contributed by atoms with Gasteiger partial charge in [-0.05, 0) is 83.1 Å². The van der Waals surface area contributed by atoms with Gasteiger partial charge in [-0.2, -0.15) is 0 Å². The number of rotatable bonds is 50. The topological polar surface area (TPSA) is 111 Å². The van der Waals surface area contributed by atoms with Crippen LogP contribution in [-0.4, -0.2) is 74.3 Å². The summed E-state index contributed by atoms with van der Waals surface area (Å²) in [6.45, 7) is 6.92. The molecule has 396 valence electrons. The molecule has 0 heterocycles. The van der Waals surface area contributed by atoms with Gasteiger partial charge >= 0.3 is 13.8 Å². The highest BCUT2D eigenvalue weighted by atomic mass is 31.2. The average Bonchev–Trinajstić information content (AvgIpc) is 3.29. The third-order valence-electron chi connectivity index (χ3n) is 12.2. The first-order chi connectivity index (χ1) is 32.9. The lowest BCUT2D eigenvalue weighted by molar-refractivity contribution is -0.870. The van der Waals surface area contributed by atoms with E-state index in [4.69, 9.17) is 13.8 Å². The summed E-state index contributed by atoms with van der Waals surface area (Å²) in [6, 6.07) is -0.881. The molecule has 68 heavy (non-hydrogen) atoms. The number of hydrogen-bond donors (Lipinski definition) is 2. The summed E-state index contributed by atoms with van der Waals surface area (Å²) in [5.41, 5.74) is 0. The molecule has 0 fully saturated rings. The van der Waals surface area contributed by atoms with Crippen LogP contribution < -0.4 is 5.32 Å². The number of phosphoric acid groups is 1. The zero-order valence-corrected chi connectivity index (χ0v) is 46.0. The van der Waals surface area contributed by atoms with E-state index in [-0.39, 0.29) is 37.9 Å². The first-order valence-electron chi connectivity index (χ1n) is 28.1. The van der Waals surface area contributed by atoms with Gasteiger partial charge in [0.1, 0.15) is 19.3 Å². The van der Waals surface area contributed by atoms with Gasteiger partial charge in [0.05, 0.1) is 33.8 Å². The molecule has 0 spiro atoms. The van der Waals surface area contributed by atoms with Crippen molar-refractivity contribution in [3.05, 3.63) is 60.8 Å². The minimum absolute atomic E-state index is 0.0285. The van der Waals surface area contributed by atoms with Crippen LogP contribution in [0.25, 0.3) is 0 Å². The van der Waals surface area contributed by atoms with Gasteiger partial charge in [-0.25, -0.2) is 4.57 Å². The third-order valence-corrected chi connectivity index (χ3v) is 13.2. The molecule has 10 heteroatoms. The minimum Gasteiger partial charge on any atom is -0.456 e. The smallest absolute Gasteiger partial charge is 0.456 e. The number of carbonyl (C=O) groups excluding carboxylic acids is 2. The fraction of sp³-hybridized carbons (Fsp3) is 0.793. The van der Waals surface area contributed by atoms with Crippen molar-refractivity contribution in [2.75, 3.05) is 40.9 Å². The fourth-order valence-electron chi connectivity index (χ4n) is 7.78. The van der Waals surface area contributed by atoms with Crippen LogP contribution >= 0.6 is 7.82 Å². The zero-order chi connectivity index (χ0) is 50.1. The highest BCUT2D eigenvalue weighted by molar-refractivity contribution is 7.47. The maximum Gasteiger partial charge on any atom is 0.472 e. The lowest BCUT2D eigenvalue weighted by atomic mass is 10.1. The molecular formula is C58H108N2O7P+. The molecule has 0 aromatic carbocycles. The molecule has 0 radical (unpaired) electrons. The molecule has 1 amide bonds. The number of esters is 1. The number of hydrogen-bond acceptors (Lipinski definition) is 6.